The first-order valence-corrected chi connectivity index (χ1v) is 8.26. The van der Waals surface area contributed by atoms with E-state index >= 15 is 0 Å². The maximum atomic E-state index is 13.0. The Bertz CT molecular complexity index is 782. The highest BCUT2D eigenvalue weighted by atomic mass is 32.1. The number of anilines is 1. The number of thiocarbonyl (C=S) groups is 1. The number of fused-ring (bicyclic) bond motifs is 1. The lowest BCUT2D eigenvalue weighted by atomic mass is 10.2. The number of amides is 1. The molecule has 1 heterocycles. The molecule has 0 fully saturated rings. The number of hydrogen-bond donors (Lipinski definition) is 2. The number of benzene rings is 2. The molecule has 2 N–H and O–H groups in total. The lowest BCUT2D eigenvalue weighted by Crippen LogP contribution is -2.52. The van der Waals surface area contributed by atoms with Crippen molar-refractivity contribution in [1.29, 1.82) is 0 Å². The largest absolute Gasteiger partial charge is 0.477 e. The highest BCUT2D eigenvalue weighted by molar-refractivity contribution is 7.80. The first-order valence-electron chi connectivity index (χ1n) is 7.85. The normalized spacial score (nSPS) is 15.8. The Morgan fingerprint density at radius 1 is 1.28 bits per heavy atom. The van der Waals surface area contributed by atoms with E-state index in [0.717, 1.165) is 11.3 Å². The van der Waals surface area contributed by atoms with Gasteiger partial charge in [0.25, 0.3) is 5.91 Å². The number of rotatable bonds is 3. The SMILES string of the molecule is CNC(=O)[C@@H]1CN(C(=S)NCc2ccc(F)cc2)c2ccccc2O1. The summed E-state index contributed by atoms with van der Waals surface area (Å²) < 4.78 is 18.7. The van der Waals surface area contributed by atoms with Crippen LogP contribution in [0.1, 0.15) is 5.56 Å². The van der Waals surface area contributed by atoms with Crippen LogP contribution in [-0.2, 0) is 11.3 Å². The van der Waals surface area contributed by atoms with Crippen LogP contribution in [0.5, 0.6) is 5.75 Å². The molecule has 2 aromatic carbocycles. The van der Waals surface area contributed by atoms with Crippen molar-refractivity contribution in [1.82, 2.24) is 10.6 Å². The van der Waals surface area contributed by atoms with Gasteiger partial charge in [-0.15, -0.1) is 0 Å². The molecule has 1 aliphatic heterocycles. The minimum atomic E-state index is -0.648. The van der Waals surface area contributed by atoms with Gasteiger partial charge in [0.05, 0.1) is 12.2 Å². The number of hydrogen-bond acceptors (Lipinski definition) is 3. The third-order valence-corrected chi connectivity index (χ3v) is 4.28. The van der Waals surface area contributed by atoms with E-state index in [1.165, 1.54) is 12.1 Å². The highest BCUT2D eigenvalue weighted by Crippen LogP contribution is 2.33. The van der Waals surface area contributed by atoms with Crippen LogP contribution in [-0.4, -0.2) is 30.7 Å². The van der Waals surface area contributed by atoms with Crippen molar-refractivity contribution in [3.8, 4) is 5.75 Å². The van der Waals surface area contributed by atoms with Gasteiger partial charge in [0.15, 0.2) is 11.2 Å². The van der Waals surface area contributed by atoms with Crippen LogP contribution in [0.3, 0.4) is 0 Å². The molecule has 7 heteroatoms. The molecule has 0 unspecified atom stereocenters. The van der Waals surface area contributed by atoms with Crippen LogP contribution in [0, 0.1) is 5.82 Å². The van der Waals surface area contributed by atoms with E-state index in [-0.39, 0.29) is 11.7 Å². The molecule has 1 atom stereocenters. The molecule has 0 radical (unpaired) electrons. The summed E-state index contributed by atoms with van der Waals surface area (Å²) in [5.74, 6) is 0.121. The summed E-state index contributed by atoms with van der Waals surface area (Å²) in [7, 11) is 1.57. The maximum absolute atomic E-state index is 13.0. The Labute approximate surface area is 150 Å². The Hall–Kier alpha value is -2.67. The van der Waals surface area contributed by atoms with Crippen LogP contribution in [0.15, 0.2) is 48.5 Å². The lowest BCUT2D eigenvalue weighted by molar-refractivity contribution is -0.127. The van der Waals surface area contributed by atoms with Gasteiger partial charge >= 0.3 is 0 Å². The molecule has 2 aromatic rings. The average Bonchev–Trinajstić information content (AvgIpc) is 2.65. The zero-order chi connectivity index (χ0) is 17.8. The van der Waals surface area contributed by atoms with Crippen molar-refractivity contribution in [3.63, 3.8) is 0 Å². The molecule has 0 aromatic heterocycles. The fraction of sp³-hybridized carbons (Fsp3) is 0.222. The Balaban J connectivity index is 1.75. The van der Waals surface area contributed by atoms with E-state index in [9.17, 15) is 9.18 Å². The number of likely N-dealkylation sites (N-methyl/N-ethyl adjacent to an activating group) is 1. The third-order valence-electron chi connectivity index (χ3n) is 3.91. The quantitative estimate of drug-likeness (QED) is 0.823. The van der Waals surface area contributed by atoms with Crippen LogP contribution >= 0.6 is 12.2 Å². The first kappa shape index (κ1) is 17.2. The van der Waals surface area contributed by atoms with Gasteiger partial charge in [-0.2, -0.15) is 0 Å². The van der Waals surface area contributed by atoms with E-state index in [1.54, 1.807) is 25.2 Å². The summed E-state index contributed by atoms with van der Waals surface area (Å²) >= 11 is 5.50. The molecule has 130 valence electrons. The Kier molecular flexibility index (Phi) is 5.14. The fourth-order valence-corrected chi connectivity index (χ4v) is 2.84. The second kappa shape index (κ2) is 7.48. The summed E-state index contributed by atoms with van der Waals surface area (Å²) in [5, 5.41) is 6.23. The molecule has 0 saturated heterocycles. The topological polar surface area (TPSA) is 53.6 Å². The van der Waals surface area contributed by atoms with E-state index < -0.39 is 6.10 Å². The van der Waals surface area contributed by atoms with Gasteiger partial charge in [-0.1, -0.05) is 24.3 Å². The molecular weight excluding hydrogens is 341 g/mol. The van der Waals surface area contributed by atoms with E-state index in [0.29, 0.717) is 24.0 Å². The van der Waals surface area contributed by atoms with Gasteiger partial charge in [-0.25, -0.2) is 4.39 Å². The minimum Gasteiger partial charge on any atom is -0.477 e. The lowest BCUT2D eigenvalue weighted by Gasteiger charge is -2.35. The first-order chi connectivity index (χ1) is 12.1. The van der Waals surface area contributed by atoms with Crippen molar-refractivity contribution in [2.45, 2.75) is 12.6 Å². The second-order valence-electron chi connectivity index (χ2n) is 5.58. The molecule has 1 amide bonds. The molecular formula is C18H18FN3O2S. The molecule has 0 aliphatic carbocycles. The number of nitrogens with zero attached hydrogens (tertiary/aromatic N) is 1. The molecule has 1 aliphatic rings. The molecule has 0 saturated carbocycles. The van der Waals surface area contributed by atoms with Gasteiger partial charge in [-0.05, 0) is 42.0 Å². The number of carbonyl (C=O) groups is 1. The number of halogens is 1. The van der Waals surface area contributed by atoms with E-state index in [1.807, 2.05) is 23.1 Å². The van der Waals surface area contributed by atoms with Crippen LogP contribution in [0.4, 0.5) is 10.1 Å². The number of nitrogens with one attached hydrogen (secondary N) is 2. The zero-order valence-electron chi connectivity index (χ0n) is 13.7. The molecule has 25 heavy (non-hydrogen) atoms. The van der Waals surface area contributed by atoms with Gasteiger partial charge in [0.2, 0.25) is 0 Å². The number of para-hydroxylation sites is 2. The minimum absolute atomic E-state index is 0.208. The van der Waals surface area contributed by atoms with Gasteiger partial charge in [-0.3, -0.25) is 4.79 Å². The predicted molar refractivity (Wildman–Crippen MR) is 98.1 cm³/mol. The van der Waals surface area contributed by atoms with E-state index in [2.05, 4.69) is 10.6 Å². The fourth-order valence-electron chi connectivity index (χ4n) is 2.60. The standard InChI is InChI=1S/C18H18FN3O2S/c1-20-17(23)16-11-22(14-4-2-3-5-15(14)24-16)18(25)21-10-12-6-8-13(19)9-7-12/h2-9,16H,10-11H2,1H3,(H,20,23)(H,21,25)/t16-/m0/s1. The molecule has 5 nitrogen and oxygen atoms in total. The Morgan fingerprint density at radius 3 is 2.72 bits per heavy atom. The molecule has 3 rings (SSSR count). The second-order valence-corrected chi connectivity index (χ2v) is 5.97. The summed E-state index contributed by atoms with van der Waals surface area (Å²) in [6, 6.07) is 13.6. The van der Waals surface area contributed by atoms with Gasteiger partial charge in [0, 0.05) is 13.6 Å². The van der Waals surface area contributed by atoms with Crippen LogP contribution < -0.4 is 20.3 Å². The van der Waals surface area contributed by atoms with Crippen LogP contribution in [0.25, 0.3) is 0 Å². The smallest absolute Gasteiger partial charge is 0.262 e. The average molecular weight is 359 g/mol. The van der Waals surface area contributed by atoms with Crippen molar-refractivity contribution in [2.24, 2.45) is 0 Å². The Morgan fingerprint density at radius 2 is 2.00 bits per heavy atom. The zero-order valence-corrected chi connectivity index (χ0v) is 14.5. The third kappa shape index (κ3) is 3.88. The summed E-state index contributed by atoms with van der Waals surface area (Å²) in [5.41, 5.74) is 1.72. The van der Waals surface area contributed by atoms with Crippen LogP contribution in [0.2, 0.25) is 0 Å². The summed E-state index contributed by atoms with van der Waals surface area (Å²) in [6.07, 6.45) is -0.648. The van der Waals surface area contributed by atoms with Crippen molar-refractivity contribution in [2.75, 3.05) is 18.5 Å². The van der Waals surface area contributed by atoms with Crippen molar-refractivity contribution in [3.05, 3.63) is 59.9 Å². The van der Waals surface area contributed by atoms with Crippen molar-refractivity contribution >= 4 is 28.9 Å². The summed E-state index contributed by atoms with van der Waals surface area (Å²) in [6.45, 7) is 0.773. The maximum Gasteiger partial charge on any atom is 0.262 e. The highest BCUT2D eigenvalue weighted by Gasteiger charge is 2.31. The molecule has 0 spiro atoms. The predicted octanol–water partition coefficient (Wildman–Crippen LogP) is 2.21. The van der Waals surface area contributed by atoms with Crippen molar-refractivity contribution < 1.29 is 13.9 Å². The molecule has 0 bridgehead atoms. The number of carbonyl (C=O) groups excluding carboxylic acids is 1. The number of ether oxygens (including phenoxy) is 1. The van der Waals surface area contributed by atoms with Gasteiger partial charge in [0.1, 0.15) is 11.6 Å². The van der Waals surface area contributed by atoms with E-state index in [4.69, 9.17) is 17.0 Å². The van der Waals surface area contributed by atoms with Gasteiger partial charge < -0.3 is 20.3 Å². The summed E-state index contributed by atoms with van der Waals surface area (Å²) in [4.78, 5) is 13.8. The monoisotopic (exact) mass is 359 g/mol.